The molecule has 9 heteroatoms. The Hall–Kier alpha value is -2.97. The highest BCUT2D eigenvalue weighted by Gasteiger charge is 2.31. The third-order valence-electron chi connectivity index (χ3n) is 6.73. The monoisotopic (exact) mass is 478 g/mol. The van der Waals surface area contributed by atoms with E-state index in [9.17, 15) is 4.39 Å². The molecule has 0 spiro atoms. The summed E-state index contributed by atoms with van der Waals surface area (Å²) in [6.45, 7) is 4.90. The van der Waals surface area contributed by atoms with E-state index in [-0.39, 0.29) is 11.8 Å². The van der Waals surface area contributed by atoms with Crippen molar-refractivity contribution in [2.24, 2.45) is 0 Å². The predicted molar refractivity (Wildman–Crippen MR) is 126 cm³/mol. The minimum Gasteiger partial charge on any atom is -0.380 e. The fourth-order valence-corrected chi connectivity index (χ4v) is 4.69. The molecule has 2 atom stereocenters. The van der Waals surface area contributed by atoms with Gasteiger partial charge < -0.3 is 4.74 Å². The van der Waals surface area contributed by atoms with E-state index >= 15 is 0 Å². The zero-order valence-electron chi connectivity index (χ0n) is 19.0. The van der Waals surface area contributed by atoms with Crippen LogP contribution in [0.3, 0.4) is 0 Å². The van der Waals surface area contributed by atoms with Gasteiger partial charge in [-0.3, -0.25) is 4.68 Å². The average Bonchev–Trinajstić information content (AvgIpc) is 3.56. The van der Waals surface area contributed by atoms with E-state index in [1.165, 1.54) is 24.5 Å². The Labute approximate surface area is 201 Å². The van der Waals surface area contributed by atoms with E-state index in [1.807, 2.05) is 20.0 Å². The SMILES string of the molecule is Cc1nc2nc([C@H]3COC[C@H](c4cnn(C5CC5)c4)C3)nc(-c3ccc(Cl)cc3F)c2nc1C. The Morgan fingerprint density at radius 3 is 2.62 bits per heavy atom. The molecule has 0 bridgehead atoms. The number of ether oxygens (including phenoxy) is 1. The second kappa shape index (κ2) is 8.36. The molecule has 4 heterocycles. The standard InChI is InChI=1S/C25H24ClFN6O/c1-13-14(2)30-25-23(29-13)22(20-6-3-18(26)8-21(20)27)31-24(32-25)16-7-15(11-34-12-16)17-9-28-33(10-17)19-4-5-19/h3,6,8-10,15-16,19H,4-5,7,11-12H2,1-2H3/t15-,16-/m1/s1. The lowest BCUT2D eigenvalue weighted by Gasteiger charge is -2.28. The molecule has 1 aliphatic carbocycles. The topological polar surface area (TPSA) is 78.6 Å². The van der Waals surface area contributed by atoms with E-state index < -0.39 is 5.82 Å². The van der Waals surface area contributed by atoms with E-state index in [4.69, 9.17) is 26.3 Å². The normalized spacial score (nSPS) is 20.7. The number of hydrogen-bond acceptors (Lipinski definition) is 6. The van der Waals surface area contributed by atoms with Crippen molar-refractivity contribution in [3.63, 3.8) is 0 Å². The number of benzene rings is 1. The van der Waals surface area contributed by atoms with Crippen LogP contribution < -0.4 is 0 Å². The third-order valence-corrected chi connectivity index (χ3v) is 6.97. The van der Waals surface area contributed by atoms with Gasteiger partial charge in [-0.2, -0.15) is 5.10 Å². The maximum absolute atomic E-state index is 14.9. The fraction of sp³-hybridized carbons (Fsp3) is 0.400. The summed E-state index contributed by atoms with van der Waals surface area (Å²) in [7, 11) is 0. The average molecular weight is 479 g/mol. The van der Waals surface area contributed by atoms with Crippen LogP contribution in [0.25, 0.3) is 22.4 Å². The van der Waals surface area contributed by atoms with Crippen molar-refractivity contribution in [2.75, 3.05) is 13.2 Å². The highest BCUT2D eigenvalue weighted by atomic mass is 35.5. The van der Waals surface area contributed by atoms with E-state index in [0.29, 0.717) is 52.5 Å². The van der Waals surface area contributed by atoms with Crippen LogP contribution in [-0.4, -0.2) is 42.9 Å². The third kappa shape index (κ3) is 3.95. The molecule has 2 aliphatic rings. The Balaban J connectivity index is 1.41. The summed E-state index contributed by atoms with van der Waals surface area (Å²) in [4.78, 5) is 18.9. The van der Waals surface area contributed by atoms with Crippen molar-refractivity contribution in [2.45, 2.75) is 51.0 Å². The molecule has 0 unspecified atom stereocenters. The van der Waals surface area contributed by atoms with E-state index in [0.717, 1.165) is 17.8 Å². The van der Waals surface area contributed by atoms with Crippen LogP contribution in [0.4, 0.5) is 4.39 Å². The molecule has 1 aliphatic heterocycles. The molecular formula is C25H24ClFN6O. The summed E-state index contributed by atoms with van der Waals surface area (Å²) in [6.07, 6.45) is 7.30. The van der Waals surface area contributed by atoms with Crippen LogP contribution in [0.5, 0.6) is 0 Å². The lowest BCUT2D eigenvalue weighted by atomic mass is 9.88. The molecule has 4 aromatic rings. The van der Waals surface area contributed by atoms with Crippen LogP contribution >= 0.6 is 11.6 Å². The first-order valence-corrected chi connectivity index (χ1v) is 11.9. The van der Waals surface area contributed by atoms with Crippen molar-refractivity contribution in [1.82, 2.24) is 29.7 Å². The van der Waals surface area contributed by atoms with Gasteiger partial charge in [-0.15, -0.1) is 0 Å². The quantitative estimate of drug-likeness (QED) is 0.395. The van der Waals surface area contributed by atoms with Gasteiger partial charge in [-0.25, -0.2) is 24.3 Å². The van der Waals surface area contributed by atoms with Gasteiger partial charge in [0.05, 0.1) is 36.8 Å². The zero-order valence-corrected chi connectivity index (χ0v) is 19.8. The van der Waals surface area contributed by atoms with Gasteiger partial charge in [0.15, 0.2) is 5.65 Å². The Bertz CT molecular complexity index is 1400. The first-order valence-electron chi connectivity index (χ1n) is 11.6. The van der Waals surface area contributed by atoms with Gasteiger partial charge in [0.25, 0.3) is 0 Å². The van der Waals surface area contributed by atoms with Gasteiger partial charge in [-0.1, -0.05) is 11.6 Å². The lowest BCUT2D eigenvalue weighted by Crippen LogP contribution is -2.24. The number of hydrogen-bond donors (Lipinski definition) is 0. The van der Waals surface area contributed by atoms with E-state index in [2.05, 4.69) is 25.9 Å². The van der Waals surface area contributed by atoms with Crippen LogP contribution in [0.15, 0.2) is 30.6 Å². The molecule has 0 radical (unpaired) electrons. The Morgan fingerprint density at radius 2 is 1.82 bits per heavy atom. The van der Waals surface area contributed by atoms with Gasteiger partial charge >= 0.3 is 0 Å². The summed E-state index contributed by atoms with van der Waals surface area (Å²) < 4.78 is 23.0. The molecular weight excluding hydrogens is 455 g/mol. The summed E-state index contributed by atoms with van der Waals surface area (Å²) in [5.74, 6) is 0.287. The molecule has 1 saturated carbocycles. The lowest BCUT2D eigenvalue weighted by molar-refractivity contribution is 0.0620. The first-order chi connectivity index (χ1) is 16.5. The number of fused-ring (bicyclic) bond motifs is 1. The second-order valence-electron chi connectivity index (χ2n) is 9.27. The number of nitrogens with zero attached hydrogens (tertiary/aromatic N) is 6. The summed E-state index contributed by atoms with van der Waals surface area (Å²) >= 11 is 6.00. The Morgan fingerprint density at radius 1 is 1.03 bits per heavy atom. The van der Waals surface area contributed by atoms with Crippen LogP contribution in [0.1, 0.15) is 59.9 Å². The minimum absolute atomic E-state index is 0.0510. The molecule has 174 valence electrons. The smallest absolute Gasteiger partial charge is 0.182 e. The van der Waals surface area contributed by atoms with Gasteiger partial charge in [0.2, 0.25) is 0 Å². The predicted octanol–water partition coefficient (Wildman–Crippen LogP) is 5.32. The molecule has 1 saturated heterocycles. The molecule has 1 aromatic carbocycles. The maximum Gasteiger partial charge on any atom is 0.182 e. The van der Waals surface area contributed by atoms with Crippen molar-refractivity contribution in [3.8, 4) is 11.3 Å². The maximum atomic E-state index is 14.9. The van der Waals surface area contributed by atoms with Gasteiger partial charge in [-0.05, 0) is 56.9 Å². The second-order valence-corrected chi connectivity index (χ2v) is 9.71. The van der Waals surface area contributed by atoms with Crippen molar-refractivity contribution >= 4 is 22.8 Å². The van der Waals surface area contributed by atoms with Crippen molar-refractivity contribution < 1.29 is 9.13 Å². The minimum atomic E-state index is -0.455. The van der Waals surface area contributed by atoms with Crippen molar-refractivity contribution in [1.29, 1.82) is 0 Å². The van der Waals surface area contributed by atoms with E-state index in [1.54, 1.807) is 12.1 Å². The fourth-order valence-electron chi connectivity index (χ4n) is 4.53. The Kier molecular flexibility index (Phi) is 5.30. The highest BCUT2D eigenvalue weighted by Crippen LogP contribution is 2.38. The summed E-state index contributed by atoms with van der Waals surface area (Å²) in [6, 6.07) is 5.11. The number of rotatable bonds is 4. The highest BCUT2D eigenvalue weighted by molar-refractivity contribution is 6.30. The zero-order chi connectivity index (χ0) is 23.4. The van der Waals surface area contributed by atoms with Crippen molar-refractivity contribution in [3.05, 3.63) is 64.2 Å². The van der Waals surface area contributed by atoms with Gasteiger partial charge in [0.1, 0.15) is 22.9 Å². The first kappa shape index (κ1) is 21.6. The van der Waals surface area contributed by atoms with Crippen LogP contribution in [0, 0.1) is 19.7 Å². The molecule has 0 amide bonds. The number of aryl methyl sites for hydroxylation is 2. The largest absolute Gasteiger partial charge is 0.380 e. The summed E-state index contributed by atoms with van der Waals surface area (Å²) in [5, 5.41) is 4.87. The molecule has 2 fully saturated rings. The molecule has 3 aromatic heterocycles. The molecule has 6 rings (SSSR count). The summed E-state index contributed by atoms with van der Waals surface area (Å²) in [5.41, 5.74) is 4.40. The molecule has 34 heavy (non-hydrogen) atoms. The van der Waals surface area contributed by atoms with Crippen LogP contribution in [0.2, 0.25) is 5.02 Å². The molecule has 0 N–H and O–H groups in total. The van der Waals surface area contributed by atoms with Crippen LogP contribution in [-0.2, 0) is 4.74 Å². The van der Waals surface area contributed by atoms with Gasteiger partial charge in [0, 0.05) is 28.6 Å². The number of aromatic nitrogens is 6. The molecule has 7 nitrogen and oxygen atoms in total. The number of halogens is 2.